The maximum absolute atomic E-state index is 13.5. The van der Waals surface area contributed by atoms with Gasteiger partial charge in [0.1, 0.15) is 11.4 Å². The molecule has 1 N–H and O–H groups in total. The molecule has 0 bridgehead atoms. The second-order valence-electron chi connectivity index (χ2n) is 7.43. The lowest BCUT2D eigenvalue weighted by Crippen LogP contribution is -2.33. The molecule has 2 amide bonds. The molecule has 1 aliphatic rings. The number of benzene rings is 3. The fraction of sp³-hybridized carbons (Fsp3) is 0.154. The first-order valence-electron chi connectivity index (χ1n) is 10.2. The first-order valence-corrected chi connectivity index (χ1v) is 10.2. The van der Waals surface area contributed by atoms with Gasteiger partial charge in [-0.3, -0.25) is 9.59 Å². The zero-order chi connectivity index (χ0) is 22.0. The third-order valence-electron chi connectivity index (χ3n) is 5.17. The maximum atomic E-state index is 13.5. The molecule has 0 unspecified atom stereocenters. The lowest BCUT2D eigenvalue weighted by Gasteiger charge is -2.18. The van der Waals surface area contributed by atoms with Crippen molar-refractivity contribution < 1.29 is 14.3 Å². The molecule has 5 heteroatoms. The Morgan fingerprint density at radius 3 is 2.23 bits per heavy atom. The Balaban J connectivity index is 1.77. The average Bonchev–Trinajstić information content (AvgIpc) is 3.00. The topological polar surface area (TPSA) is 58.6 Å². The van der Waals surface area contributed by atoms with E-state index in [-0.39, 0.29) is 17.5 Å². The molecule has 0 atom stereocenters. The standard InChI is InChI=1S/C26H24N2O3/c1-4-31-21-13-11-20(12-14-21)27-24-23(19-8-6-5-7-9-19)25(29)28(26(24)30)22-15-10-17(2)16-18(22)3/h5-16,27H,4H2,1-3H3. The molecule has 0 aromatic heterocycles. The maximum Gasteiger partial charge on any atom is 0.282 e. The fourth-order valence-electron chi connectivity index (χ4n) is 3.74. The second-order valence-corrected chi connectivity index (χ2v) is 7.43. The van der Waals surface area contributed by atoms with E-state index in [4.69, 9.17) is 4.74 Å². The Hall–Kier alpha value is -3.86. The van der Waals surface area contributed by atoms with Gasteiger partial charge in [0.05, 0.1) is 17.9 Å². The second kappa shape index (κ2) is 8.48. The van der Waals surface area contributed by atoms with Crippen LogP contribution in [0.3, 0.4) is 0 Å². The van der Waals surface area contributed by atoms with Crippen LogP contribution in [-0.4, -0.2) is 18.4 Å². The molecule has 0 fully saturated rings. The lowest BCUT2D eigenvalue weighted by atomic mass is 10.0. The van der Waals surface area contributed by atoms with Crippen LogP contribution >= 0.6 is 0 Å². The fourth-order valence-corrected chi connectivity index (χ4v) is 3.74. The minimum Gasteiger partial charge on any atom is -0.494 e. The number of ether oxygens (including phenoxy) is 1. The molecule has 0 saturated heterocycles. The van der Waals surface area contributed by atoms with E-state index < -0.39 is 0 Å². The minimum absolute atomic E-state index is 0.264. The zero-order valence-electron chi connectivity index (χ0n) is 17.8. The Bertz CT molecular complexity index is 1170. The van der Waals surface area contributed by atoms with Crippen LogP contribution in [0, 0.1) is 13.8 Å². The predicted molar refractivity (Wildman–Crippen MR) is 123 cm³/mol. The van der Waals surface area contributed by atoms with Gasteiger partial charge < -0.3 is 10.1 Å². The van der Waals surface area contributed by atoms with Gasteiger partial charge in [0, 0.05) is 5.69 Å². The zero-order valence-corrected chi connectivity index (χ0v) is 17.8. The number of aryl methyl sites for hydroxylation is 2. The molecule has 1 heterocycles. The average molecular weight is 412 g/mol. The van der Waals surface area contributed by atoms with Crippen LogP contribution < -0.4 is 15.0 Å². The van der Waals surface area contributed by atoms with Crippen LogP contribution in [0.5, 0.6) is 5.75 Å². The number of amides is 2. The predicted octanol–water partition coefficient (Wildman–Crippen LogP) is 5.10. The number of carbonyl (C=O) groups is 2. The van der Waals surface area contributed by atoms with E-state index in [2.05, 4.69) is 5.32 Å². The molecule has 0 radical (unpaired) electrons. The quantitative estimate of drug-likeness (QED) is 0.573. The number of nitrogens with one attached hydrogen (secondary N) is 1. The summed E-state index contributed by atoms with van der Waals surface area (Å²) in [6.07, 6.45) is 0. The molecular formula is C26H24N2O3. The number of anilines is 2. The summed E-state index contributed by atoms with van der Waals surface area (Å²) in [4.78, 5) is 28.2. The van der Waals surface area contributed by atoms with Crippen LogP contribution in [0.1, 0.15) is 23.6 Å². The third-order valence-corrected chi connectivity index (χ3v) is 5.17. The highest BCUT2D eigenvalue weighted by atomic mass is 16.5. The van der Waals surface area contributed by atoms with Crippen LogP contribution in [0.4, 0.5) is 11.4 Å². The monoisotopic (exact) mass is 412 g/mol. The van der Waals surface area contributed by atoms with Gasteiger partial charge in [-0.1, -0.05) is 48.0 Å². The van der Waals surface area contributed by atoms with Crippen molar-refractivity contribution in [3.8, 4) is 5.75 Å². The van der Waals surface area contributed by atoms with Crippen LogP contribution in [0.2, 0.25) is 0 Å². The lowest BCUT2D eigenvalue weighted by molar-refractivity contribution is -0.120. The van der Waals surface area contributed by atoms with Gasteiger partial charge in [-0.2, -0.15) is 0 Å². The highest BCUT2D eigenvalue weighted by Gasteiger charge is 2.40. The van der Waals surface area contributed by atoms with E-state index in [1.165, 1.54) is 4.90 Å². The van der Waals surface area contributed by atoms with Gasteiger partial charge >= 0.3 is 0 Å². The number of carbonyl (C=O) groups excluding carboxylic acids is 2. The van der Waals surface area contributed by atoms with Gasteiger partial charge in [0.15, 0.2) is 0 Å². The van der Waals surface area contributed by atoms with Crippen molar-refractivity contribution >= 4 is 28.8 Å². The summed E-state index contributed by atoms with van der Waals surface area (Å²) >= 11 is 0. The van der Waals surface area contributed by atoms with Crippen LogP contribution in [0.15, 0.2) is 78.5 Å². The number of rotatable bonds is 6. The van der Waals surface area contributed by atoms with Gasteiger partial charge in [-0.25, -0.2) is 4.90 Å². The summed E-state index contributed by atoms with van der Waals surface area (Å²) in [6, 6.07) is 22.3. The van der Waals surface area contributed by atoms with E-state index in [1.54, 1.807) is 0 Å². The molecule has 0 aliphatic carbocycles. The summed E-state index contributed by atoms with van der Waals surface area (Å²) < 4.78 is 5.49. The van der Waals surface area contributed by atoms with E-state index in [0.717, 1.165) is 16.9 Å². The van der Waals surface area contributed by atoms with Crippen molar-refractivity contribution in [2.45, 2.75) is 20.8 Å². The van der Waals surface area contributed by atoms with Crippen molar-refractivity contribution in [2.75, 3.05) is 16.8 Å². The third kappa shape index (κ3) is 3.94. The highest BCUT2D eigenvalue weighted by Crippen LogP contribution is 2.35. The first-order chi connectivity index (χ1) is 15.0. The number of nitrogens with zero attached hydrogens (tertiary/aromatic N) is 1. The number of imide groups is 1. The summed E-state index contributed by atoms with van der Waals surface area (Å²) in [7, 11) is 0. The molecule has 3 aromatic carbocycles. The van der Waals surface area contributed by atoms with Gasteiger partial charge in [-0.05, 0) is 62.2 Å². The molecular weight excluding hydrogens is 388 g/mol. The van der Waals surface area contributed by atoms with Crippen LogP contribution in [-0.2, 0) is 9.59 Å². The van der Waals surface area contributed by atoms with Gasteiger partial charge in [0.2, 0.25) is 0 Å². The SMILES string of the molecule is CCOc1ccc(NC2=C(c3ccccc3)C(=O)N(c3ccc(C)cc3C)C2=O)cc1. The van der Waals surface area contributed by atoms with Gasteiger partial charge in [-0.15, -0.1) is 0 Å². The summed E-state index contributed by atoms with van der Waals surface area (Å²) in [5.74, 6) is 0.0392. The van der Waals surface area contributed by atoms with Crippen molar-refractivity contribution in [1.29, 1.82) is 0 Å². The number of hydrogen-bond acceptors (Lipinski definition) is 4. The first kappa shape index (κ1) is 20.4. The van der Waals surface area contributed by atoms with Gasteiger partial charge in [0.25, 0.3) is 11.8 Å². The molecule has 0 saturated carbocycles. The molecule has 0 spiro atoms. The molecule has 156 valence electrons. The summed E-state index contributed by atoms with van der Waals surface area (Å²) in [5, 5.41) is 3.18. The summed E-state index contributed by atoms with van der Waals surface area (Å²) in [6.45, 7) is 6.39. The molecule has 1 aliphatic heterocycles. The van der Waals surface area contributed by atoms with E-state index in [0.29, 0.717) is 29.1 Å². The Labute approximate surface area is 182 Å². The Kier molecular flexibility index (Phi) is 5.58. The number of hydrogen-bond donors (Lipinski definition) is 1. The molecule has 4 rings (SSSR count). The molecule has 5 nitrogen and oxygen atoms in total. The van der Waals surface area contributed by atoms with Crippen molar-refractivity contribution in [3.63, 3.8) is 0 Å². The summed E-state index contributed by atoms with van der Waals surface area (Å²) in [5.41, 5.74) is 4.56. The van der Waals surface area contributed by atoms with E-state index in [9.17, 15) is 9.59 Å². The van der Waals surface area contributed by atoms with E-state index >= 15 is 0 Å². The molecule has 3 aromatic rings. The normalized spacial score (nSPS) is 13.7. The molecule has 31 heavy (non-hydrogen) atoms. The van der Waals surface area contributed by atoms with Crippen LogP contribution in [0.25, 0.3) is 5.57 Å². The van der Waals surface area contributed by atoms with Crippen molar-refractivity contribution in [2.24, 2.45) is 0 Å². The Morgan fingerprint density at radius 1 is 0.871 bits per heavy atom. The van der Waals surface area contributed by atoms with Crippen molar-refractivity contribution in [1.82, 2.24) is 0 Å². The Morgan fingerprint density at radius 2 is 1.58 bits per heavy atom. The minimum atomic E-state index is -0.371. The van der Waals surface area contributed by atoms with Crippen molar-refractivity contribution in [3.05, 3.63) is 95.2 Å². The largest absolute Gasteiger partial charge is 0.494 e. The smallest absolute Gasteiger partial charge is 0.282 e. The van der Waals surface area contributed by atoms with E-state index in [1.807, 2.05) is 93.6 Å². The highest BCUT2D eigenvalue weighted by molar-refractivity contribution is 6.46.